The van der Waals surface area contributed by atoms with Crippen molar-refractivity contribution in [3.63, 3.8) is 0 Å². The molecule has 3 amide bonds. The average molecular weight is 388 g/mol. The Morgan fingerprint density at radius 2 is 1.57 bits per heavy atom. The maximum Gasteiger partial charge on any atom is 0.319 e. The van der Waals surface area contributed by atoms with Gasteiger partial charge in [-0.3, -0.25) is 4.79 Å². The summed E-state index contributed by atoms with van der Waals surface area (Å²) < 4.78 is 5.39. The van der Waals surface area contributed by atoms with E-state index < -0.39 is 0 Å². The van der Waals surface area contributed by atoms with Gasteiger partial charge in [0.05, 0.1) is 0 Å². The summed E-state index contributed by atoms with van der Waals surface area (Å²) in [6, 6.07) is 7.22. The standard InChI is InChI=1S/C22H33N3O3/c1-22(2,3)17-7-4-5-8-18(17)25-21(27)24-16-12-10-15(11-13-16)23-20(26)19-9-6-14-28-19/h10-13,17-19H,4-9,14H2,1-3H3,(H,23,26)(H2,24,25,27)/t17-,18-,19-/m1/s1. The lowest BCUT2D eigenvalue weighted by atomic mass is 9.69. The molecule has 0 radical (unpaired) electrons. The van der Waals surface area contributed by atoms with E-state index in [-0.39, 0.29) is 29.5 Å². The molecule has 0 unspecified atom stereocenters. The van der Waals surface area contributed by atoms with Crippen LogP contribution in [0.2, 0.25) is 0 Å². The quantitative estimate of drug-likeness (QED) is 0.710. The van der Waals surface area contributed by atoms with Crippen LogP contribution in [0.3, 0.4) is 0 Å². The molecule has 1 aliphatic carbocycles. The number of carbonyl (C=O) groups excluding carboxylic acids is 2. The van der Waals surface area contributed by atoms with Crippen molar-refractivity contribution in [3.8, 4) is 0 Å². The van der Waals surface area contributed by atoms with E-state index in [1.165, 1.54) is 6.42 Å². The summed E-state index contributed by atoms with van der Waals surface area (Å²) in [5, 5.41) is 8.94. The summed E-state index contributed by atoms with van der Waals surface area (Å²) in [4.78, 5) is 24.6. The molecule has 2 fully saturated rings. The van der Waals surface area contributed by atoms with Gasteiger partial charge in [-0.25, -0.2) is 4.79 Å². The predicted molar refractivity (Wildman–Crippen MR) is 111 cm³/mol. The predicted octanol–water partition coefficient (Wildman–Crippen LogP) is 4.53. The van der Waals surface area contributed by atoms with Gasteiger partial charge in [0.25, 0.3) is 5.91 Å². The van der Waals surface area contributed by atoms with Crippen molar-refractivity contribution in [3.05, 3.63) is 24.3 Å². The van der Waals surface area contributed by atoms with Gasteiger partial charge < -0.3 is 20.7 Å². The third-order valence-corrected chi connectivity index (χ3v) is 5.83. The number of anilines is 2. The van der Waals surface area contributed by atoms with Crippen LogP contribution in [0.15, 0.2) is 24.3 Å². The molecule has 0 spiro atoms. The van der Waals surface area contributed by atoms with Gasteiger partial charge in [0.2, 0.25) is 0 Å². The normalized spacial score (nSPS) is 25.2. The minimum Gasteiger partial charge on any atom is -0.368 e. The van der Waals surface area contributed by atoms with Crippen molar-refractivity contribution >= 4 is 23.3 Å². The topological polar surface area (TPSA) is 79.5 Å². The lowest BCUT2D eigenvalue weighted by molar-refractivity contribution is -0.124. The number of benzene rings is 1. The third-order valence-electron chi connectivity index (χ3n) is 5.83. The van der Waals surface area contributed by atoms with Crippen LogP contribution in [0.1, 0.15) is 59.3 Å². The van der Waals surface area contributed by atoms with Crippen molar-refractivity contribution in [2.75, 3.05) is 17.2 Å². The maximum atomic E-state index is 12.5. The summed E-state index contributed by atoms with van der Waals surface area (Å²) in [6.45, 7) is 7.39. The van der Waals surface area contributed by atoms with Crippen molar-refractivity contribution in [1.29, 1.82) is 0 Å². The largest absolute Gasteiger partial charge is 0.368 e. The Kier molecular flexibility index (Phi) is 6.60. The van der Waals surface area contributed by atoms with Gasteiger partial charge in [-0.05, 0) is 61.3 Å². The van der Waals surface area contributed by atoms with Crippen LogP contribution in [-0.2, 0) is 9.53 Å². The zero-order valence-electron chi connectivity index (χ0n) is 17.2. The number of carbonyl (C=O) groups is 2. The molecule has 1 heterocycles. The SMILES string of the molecule is CC(C)(C)[C@@H]1CCCC[C@H]1NC(=O)Nc1ccc(NC(=O)[C@H]2CCCO2)cc1. The van der Waals surface area contributed by atoms with E-state index >= 15 is 0 Å². The lowest BCUT2D eigenvalue weighted by Gasteiger charge is -2.40. The van der Waals surface area contributed by atoms with Gasteiger partial charge in [0.15, 0.2) is 0 Å². The molecule has 0 bridgehead atoms. The number of ether oxygens (including phenoxy) is 1. The zero-order valence-corrected chi connectivity index (χ0v) is 17.2. The zero-order chi connectivity index (χ0) is 20.1. The molecule has 0 aromatic heterocycles. The monoisotopic (exact) mass is 387 g/mol. The smallest absolute Gasteiger partial charge is 0.319 e. The Labute approximate surface area is 167 Å². The lowest BCUT2D eigenvalue weighted by Crippen LogP contribution is -2.48. The molecule has 1 saturated heterocycles. The van der Waals surface area contributed by atoms with Crippen LogP contribution < -0.4 is 16.0 Å². The summed E-state index contributed by atoms with van der Waals surface area (Å²) >= 11 is 0. The van der Waals surface area contributed by atoms with Gasteiger partial charge >= 0.3 is 6.03 Å². The van der Waals surface area contributed by atoms with Gasteiger partial charge in [-0.15, -0.1) is 0 Å². The Bertz CT molecular complexity index is 675. The van der Waals surface area contributed by atoms with Crippen LogP contribution >= 0.6 is 0 Å². The summed E-state index contributed by atoms with van der Waals surface area (Å²) in [5.74, 6) is 0.379. The molecule has 1 aromatic rings. The molecule has 6 heteroatoms. The van der Waals surface area contributed by atoms with E-state index in [2.05, 4.69) is 36.7 Å². The second-order valence-electron chi connectivity index (χ2n) is 9.03. The van der Waals surface area contributed by atoms with E-state index in [0.717, 1.165) is 32.1 Å². The minimum absolute atomic E-state index is 0.110. The molecule has 28 heavy (non-hydrogen) atoms. The van der Waals surface area contributed by atoms with E-state index in [0.29, 0.717) is 23.9 Å². The molecular formula is C22H33N3O3. The van der Waals surface area contributed by atoms with Gasteiger partial charge in [0, 0.05) is 24.0 Å². The number of hydrogen-bond acceptors (Lipinski definition) is 3. The van der Waals surface area contributed by atoms with E-state index in [4.69, 9.17) is 4.74 Å². The average Bonchev–Trinajstić information content (AvgIpc) is 3.18. The highest BCUT2D eigenvalue weighted by Crippen LogP contribution is 2.38. The highest BCUT2D eigenvalue weighted by atomic mass is 16.5. The highest BCUT2D eigenvalue weighted by Gasteiger charge is 2.34. The van der Waals surface area contributed by atoms with E-state index in [9.17, 15) is 9.59 Å². The molecule has 3 N–H and O–H groups in total. The van der Waals surface area contributed by atoms with Crippen molar-refractivity contribution in [1.82, 2.24) is 5.32 Å². The number of hydrogen-bond donors (Lipinski definition) is 3. The molecule has 1 saturated carbocycles. The highest BCUT2D eigenvalue weighted by molar-refractivity contribution is 5.95. The molecule has 1 aliphatic heterocycles. The molecule has 3 atom stereocenters. The number of amides is 3. The first-order valence-corrected chi connectivity index (χ1v) is 10.4. The maximum absolute atomic E-state index is 12.5. The van der Waals surface area contributed by atoms with E-state index in [1.54, 1.807) is 24.3 Å². The van der Waals surface area contributed by atoms with Crippen molar-refractivity contribution in [2.45, 2.75) is 71.4 Å². The first kappa shape index (κ1) is 20.6. The van der Waals surface area contributed by atoms with Crippen LogP contribution in [-0.4, -0.2) is 30.7 Å². The Hall–Kier alpha value is -2.08. The number of urea groups is 1. The van der Waals surface area contributed by atoms with Gasteiger partial charge in [-0.2, -0.15) is 0 Å². The van der Waals surface area contributed by atoms with Crippen LogP contribution in [0, 0.1) is 11.3 Å². The Morgan fingerprint density at radius 1 is 0.929 bits per heavy atom. The molecule has 1 aromatic carbocycles. The minimum atomic E-state index is -0.352. The third kappa shape index (κ3) is 5.47. The van der Waals surface area contributed by atoms with Gasteiger partial charge in [0.1, 0.15) is 6.10 Å². The fourth-order valence-electron chi connectivity index (χ4n) is 4.32. The summed E-state index contributed by atoms with van der Waals surface area (Å²) in [6.07, 6.45) is 5.93. The van der Waals surface area contributed by atoms with Crippen LogP contribution in [0.4, 0.5) is 16.2 Å². The molecule has 154 valence electrons. The van der Waals surface area contributed by atoms with Crippen LogP contribution in [0.5, 0.6) is 0 Å². The fourth-order valence-corrected chi connectivity index (χ4v) is 4.32. The number of nitrogens with one attached hydrogen (secondary N) is 3. The molecular weight excluding hydrogens is 354 g/mol. The Balaban J connectivity index is 1.51. The molecule has 6 nitrogen and oxygen atoms in total. The second-order valence-corrected chi connectivity index (χ2v) is 9.03. The van der Waals surface area contributed by atoms with E-state index in [1.807, 2.05) is 0 Å². The van der Waals surface area contributed by atoms with Crippen LogP contribution in [0.25, 0.3) is 0 Å². The first-order chi connectivity index (χ1) is 13.3. The number of rotatable bonds is 4. The van der Waals surface area contributed by atoms with Gasteiger partial charge in [-0.1, -0.05) is 33.6 Å². The molecule has 3 rings (SSSR count). The first-order valence-electron chi connectivity index (χ1n) is 10.4. The summed E-state index contributed by atoms with van der Waals surface area (Å²) in [7, 11) is 0. The Morgan fingerprint density at radius 3 is 2.18 bits per heavy atom. The van der Waals surface area contributed by atoms with Crippen molar-refractivity contribution < 1.29 is 14.3 Å². The fraction of sp³-hybridized carbons (Fsp3) is 0.636. The molecule has 2 aliphatic rings. The summed E-state index contributed by atoms with van der Waals surface area (Å²) in [5.41, 5.74) is 1.59. The van der Waals surface area contributed by atoms with Crippen molar-refractivity contribution in [2.24, 2.45) is 11.3 Å². The second kappa shape index (κ2) is 8.95.